The van der Waals surface area contributed by atoms with Crippen molar-refractivity contribution in [2.75, 3.05) is 0 Å². The summed E-state index contributed by atoms with van der Waals surface area (Å²) >= 11 is 1.35. The molecule has 20 heavy (non-hydrogen) atoms. The minimum absolute atomic E-state index is 0.00688. The minimum atomic E-state index is -0.866. The smallest absolute Gasteiger partial charge is 0.307 e. The summed E-state index contributed by atoms with van der Waals surface area (Å²) in [7, 11) is 0. The molecule has 0 heterocycles. The van der Waals surface area contributed by atoms with Crippen LogP contribution in [0.3, 0.4) is 0 Å². The Morgan fingerprint density at radius 3 is 2.45 bits per heavy atom. The molecule has 0 amide bonds. The summed E-state index contributed by atoms with van der Waals surface area (Å²) in [6.45, 7) is 0. The molecule has 0 aliphatic rings. The molecule has 0 fully saturated rings. The van der Waals surface area contributed by atoms with Crippen LogP contribution in [0.4, 0.5) is 0 Å². The lowest BCUT2D eigenvalue weighted by molar-refractivity contribution is -0.136. The maximum absolute atomic E-state index is 10.6. The lowest BCUT2D eigenvalue weighted by Crippen LogP contribution is -1.99. The van der Waals surface area contributed by atoms with Gasteiger partial charge in [0.05, 0.1) is 22.9 Å². The van der Waals surface area contributed by atoms with Crippen LogP contribution in [0.1, 0.15) is 11.1 Å². The fraction of sp³-hybridized carbons (Fsp3) is 0.0667. The van der Waals surface area contributed by atoms with E-state index in [1.165, 1.54) is 17.8 Å². The zero-order valence-corrected chi connectivity index (χ0v) is 11.2. The van der Waals surface area contributed by atoms with E-state index in [0.29, 0.717) is 10.5 Å². The Morgan fingerprint density at radius 2 is 1.90 bits per heavy atom. The molecule has 2 aromatic carbocycles. The van der Waals surface area contributed by atoms with Crippen molar-refractivity contribution in [2.24, 2.45) is 0 Å². The number of aliphatic carboxylic acids is 1. The van der Waals surface area contributed by atoms with Crippen molar-refractivity contribution in [3.63, 3.8) is 0 Å². The molecule has 0 aromatic heterocycles. The van der Waals surface area contributed by atoms with Gasteiger partial charge in [0.25, 0.3) is 0 Å². The first kappa shape index (κ1) is 14.0. The Morgan fingerprint density at radius 1 is 1.20 bits per heavy atom. The Balaban J connectivity index is 2.14. The van der Waals surface area contributed by atoms with Crippen molar-refractivity contribution in [2.45, 2.75) is 16.2 Å². The van der Waals surface area contributed by atoms with E-state index in [1.807, 2.05) is 6.07 Å². The van der Waals surface area contributed by atoms with Gasteiger partial charge < -0.3 is 10.2 Å². The zero-order chi connectivity index (χ0) is 14.5. The Kier molecular flexibility index (Phi) is 4.28. The number of carboxylic acids is 1. The van der Waals surface area contributed by atoms with Crippen molar-refractivity contribution >= 4 is 17.7 Å². The molecule has 4 nitrogen and oxygen atoms in total. The second-order valence-corrected chi connectivity index (χ2v) is 5.23. The second kappa shape index (κ2) is 6.13. The van der Waals surface area contributed by atoms with Crippen molar-refractivity contribution < 1.29 is 15.0 Å². The molecule has 2 aromatic rings. The second-order valence-electron chi connectivity index (χ2n) is 4.11. The van der Waals surface area contributed by atoms with Crippen LogP contribution in [-0.4, -0.2) is 16.2 Å². The number of carboxylic acid groups (broad SMARTS) is 1. The normalized spacial score (nSPS) is 9.95. The van der Waals surface area contributed by atoms with Gasteiger partial charge in [-0.25, -0.2) is 0 Å². The van der Waals surface area contributed by atoms with Gasteiger partial charge in [0.15, 0.2) is 0 Å². The average molecular weight is 285 g/mol. The van der Waals surface area contributed by atoms with Crippen LogP contribution in [0.2, 0.25) is 0 Å². The van der Waals surface area contributed by atoms with Gasteiger partial charge in [-0.15, -0.1) is 0 Å². The van der Waals surface area contributed by atoms with Gasteiger partial charge in [-0.1, -0.05) is 23.9 Å². The van der Waals surface area contributed by atoms with Gasteiger partial charge in [-0.3, -0.25) is 4.79 Å². The molecule has 100 valence electrons. The first-order valence-corrected chi connectivity index (χ1v) is 6.62. The number of phenols is 1. The van der Waals surface area contributed by atoms with Crippen LogP contribution in [0.5, 0.6) is 5.75 Å². The van der Waals surface area contributed by atoms with Crippen molar-refractivity contribution in [3.8, 4) is 11.8 Å². The van der Waals surface area contributed by atoms with Crippen LogP contribution in [0.15, 0.2) is 52.3 Å². The first-order chi connectivity index (χ1) is 9.58. The molecule has 2 N–H and O–H groups in total. The van der Waals surface area contributed by atoms with Gasteiger partial charge in [0.2, 0.25) is 0 Å². The summed E-state index contributed by atoms with van der Waals surface area (Å²) in [5, 5.41) is 27.2. The molecule has 0 spiro atoms. The number of carbonyl (C=O) groups is 1. The Labute approximate surface area is 120 Å². The molecule has 5 heteroatoms. The average Bonchev–Trinajstić information content (AvgIpc) is 2.42. The van der Waals surface area contributed by atoms with Crippen LogP contribution in [0.25, 0.3) is 0 Å². The monoisotopic (exact) mass is 285 g/mol. The van der Waals surface area contributed by atoms with E-state index in [2.05, 4.69) is 0 Å². The maximum atomic E-state index is 10.6. The number of hydrogen-bond donors (Lipinski definition) is 2. The third kappa shape index (κ3) is 3.53. The summed E-state index contributed by atoms with van der Waals surface area (Å²) in [5.74, 6) is -0.807. The number of hydrogen-bond acceptors (Lipinski definition) is 4. The highest BCUT2D eigenvalue weighted by molar-refractivity contribution is 7.99. The third-order valence-corrected chi connectivity index (χ3v) is 3.67. The topological polar surface area (TPSA) is 81.3 Å². The summed E-state index contributed by atoms with van der Waals surface area (Å²) in [6, 6.07) is 13.8. The van der Waals surface area contributed by atoms with E-state index in [0.717, 1.165) is 10.5 Å². The summed E-state index contributed by atoms with van der Waals surface area (Å²) in [6.07, 6.45) is -0.00688. The molecule has 0 atom stereocenters. The molecule has 0 saturated carbocycles. The molecule has 0 radical (unpaired) electrons. The maximum Gasteiger partial charge on any atom is 0.307 e. The fourth-order valence-electron chi connectivity index (χ4n) is 1.65. The van der Waals surface area contributed by atoms with E-state index < -0.39 is 5.97 Å². The van der Waals surface area contributed by atoms with Gasteiger partial charge in [-0.2, -0.15) is 5.26 Å². The Bertz CT molecular complexity index is 675. The minimum Gasteiger partial charge on any atom is -0.507 e. The molecule has 0 saturated heterocycles. The fourth-order valence-corrected chi connectivity index (χ4v) is 2.48. The van der Waals surface area contributed by atoms with Gasteiger partial charge in [0.1, 0.15) is 5.75 Å². The number of aromatic hydroxyl groups is 1. The van der Waals surface area contributed by atoms with E-state index >= 15 is 0 Å². The SMILES string of the molecule is N#Cc1ccc(Sc2ccc(CC(=O)O)cc2)c(O)c1. The molecule has 0 aliphatic carbocycles. The van der Waals surface area contributed by atoms with E-state index in [1.54, 1.807) is 36.4 Å². The van der Waals surface area contributed by atoms with E-state index in [-0.39, 0.29) is 12.2 Å². The molecular weight excluding hydrogens is 274 g/mol. The van der Waals surface area contributed by atoms with E-state index in [9.17, 15) is 9.90 Å². The number of nitriles is 1. The lowest BCUT2D eigenvalue weighted by atomic mass is 10.2. The van der Waals surface area contributed by atoms with E-state index in [4.69, 9.17) is 10.4 Å². The summed E-state index contributed by atoms with van der Waals surface area (Å²) in [4.78, 5) is 12.1. The first-order valence-electron chi connectivity index (χ1n) is 5.80. The number of phenolic OH excluding ortho intramolecular Hbond substituents is 1. The standard InChI is InChI=1S/C15H11NO3S/c16-9-11-3-6-14(13(17)7-11)20-12-4-1-10(2-5-12)8-15(18)19/h1-7,17H,8H2,(H,18,19). The molecule has 0 unspecified atom stereocenters. The van der Waals surface area contributed by atoms with Crippen molar-refractivity contribution in [3.05, 3.63) is 53.6 Å². The van der Waals surface area contributed by atoms with Crippen molar-refractivity contribution in [1.29, 1.82) is 5.26 Å². The van der Waals surface area contributed by atoms with Crippen molar-refractivity contribution in [1.82, 2.24) is 0 Å². The van der Waals surface area contributed by atoms with Gasteiger partial charge in [-0.05, 0) is 35.9 Å². The lowest BCUT2D eigenvalue weighted by Gasteiger charge is -2.05. The molecule has 2 rings (SSSR count). The molecule has 0 bridgehead atoms. The largest absolute Gasteiger partial charge is 0.507 e. The Hall–Kier alpha value is -2.45. The van der Waals surface area contributed by atoms with Gasteiger partial charge >= 0.3 is 5.97 Å². The van der Waals surface area contributed by atoms with Crippen LogP contribution in [0, 0.1) is 11.3 Å². The number of rotatable bonds is 4. The third-order valence-electron chi connectivity index (χ3n) is 2.59. The van der Waals surface area contributed by atoms with Gasteiger partial charge in [0, 0.05) is 4.90 Å². The quantitative estimate of drug-likeness (QED) is 0.902. The predicted molar refractivity (Wildman–Crippen MR) is 74.7 cm³/mol. The van der Waals surface area contributed by atoms with Crippen LogP contribution < -0.4 is 0 Å². The zero-order valence-electron chi connectivity index (χ0n) is 10.4. The summed E-state index contributed by atoms with van der Waals surface area (Å²) in [5.41, 5.74) is 1.13. The van der Waals surface area contributed by atoms with Crippen LogP contribution >= 0.6 is 11.8 Å². The van der Waals surface area contributed by atoms with Crippen LogP contribution in [-0.2, 0) is 11.2 Å². The molecular formula is C15H11NO3S. The highest BCUT2D eigenvalue weighted by atomic mass is 32.2. The number of benzene rings is 2. The highest BCUT2D eigenvalue weighted by Gasteiger charge is 2.06. The summed E-state index contributed by atoms with van der Waals surface area (Å²) < 4.78 is 0. The predicted octanol–water partition coefficient (Wildman–Crippen LogP) is 3.04. The highest BCUT2D eigenvalue weighted by Crippen LogP contribution is 2.34. The molecule has 0 aliphatic heterocycles. The number of nitrogens with zero attached hydrogens (tertiary/aromatic N) is 1.